The summed E-state index contributed by atoms with van der Waals surface area (Å²) in [5, 5.41) is 0. The van der Waals surface area contributed by atoms with Gasteiger partial charge in [-0.3, -0.25) is 0 Å². The third-order valence-corrected chi connectivity index (χ3v) is 7.26. The monoisotopic (exact) mass is 242 g/mol. The van der Waals surface area contributed by atoms with E-state index in [0.29, 0.717) is 13.1 Å². The molecule has 0 aromatic heterocycles. The summed E-state index contributed by atoms with van der Waals surface area (Å²) in [6.45, 7) is 0. The SMILES string of the molecule is c1ccc2c(c1)O[As]=[As]2. The fourth-order valence-corrected chi connectivity index (χ4v) is 6.80. The summed E-state index contributed by atoms with van der Waals surface area (Å²) in [6.07, 6.45) is 0. The molecule has 1 nitrogen and oxygen atoms in total. The van der Waals surface area contributed by atoms with E-state index in [-0.39, 0.29) is 13.5 Å². The van der Waals surface area contributed by atoms with Gasteiger partial charge in [0.15, 0.2) is 0 Å². The molecule has 9 heavy (non-hydrogen) atoms. The molecular formula is C6H4As2O. The zero-order valence-electron chi connectivity index (χ0n) is 4.61. The molecule has 0 bridgehead atoms. The van der Waals surface area contributed by atoms with Crippen molar-refractivity contribution in [2.24, 2.45) is 0 Å². The van der Waals surface area contributed by atoms with Crippen LogP contribution in [0.2, 0.25) is 0 Å². The molecule has 2 rings (SSSR count). The summed E-state index contributed by atoms with van der Waals surface area (Å²) in [7, 11) is 0. The summed E-state index contributed by atoms with van der Waals surface area (Å²) in [4.78, 5) is 0. The predicted octanol–water partition coefficient (Wildman–Crippen LogP) is -0.0573. The average molecular weight is 242 g/mol. The van der Waals surface area contributed by atoms with Crippen LogP contribution in [0.5, 0.6) is 5.75 Å². The molecule has 44 valence electrons. The quantitative estimate of drug-likeness (QED) is 0.579. The van der Waals surface area contributed by atoms with E-state index in [9.17, 15) is 0 Å². The van der Waals surface area contributed by atoms with Crippen molar-refractivity contribution in [3.05, 3.63) is 24.3 Å². The number of fused-ring (bicyclic) bond motifs is 1. The summed E-state index contributed by atoms with van der Waals surface area (Å²) >= 11 is 0.655. The Morgan fingerprint density at radius 2 is 2.11 bits per heavy atom. The van der Waals surface area contributed by atoms with E-state index in [1.807, 2.05) is 6.07 Å². The normalized spacial score (nSPS) is 16.4. The second kappa shape index (κ2) is 2.40. The fraction of sp³-hybridized carbons (Fsp3) is 0. The van der Waals surface area contributed by atoms with Gasteiger partial charge in [-0.1, -0.05) is 0 Å². The molecule has 0 spiro atoms. The van der Waals surface area contributed by atoms with Crippen molar-refractivity contribution in [3.63, 3.8) is 0 Å². The van der Waals surface area contributed by atoms with Gasteiger partial charge in [0, 0.05) is 0 Å². The van der Waals surface area contributed by atoms with E-state index < -0.39 is 0 Å². The molecule has 0 N–H and O–H groups in total. The Labute approximate surface area is 64.7 Å². The molecule has 0 atom stereocenters. The van der Waals surface area contributed by atoms with E-state index in [0.717, 1.165) is 5.75 Å². The van der Waals surface area contributed by atoms with E-state index in [4.69, 9.17) is 3.73 Å². The van der Waals surface area contributed by atoms with E-state index >= 15 is 0 Å². The van der Waals surface area contributed by atoms with E-state index in [2.05, 4.69) is 18.2 Å². The summed E-state index contributed by atoms with van der Waals surface area (Å²) in [5.41, 5.74) is 0. The molecule has 0 saturated carbocycles. The van der Waals surface area contributed by atoms with Gasteiger partial charge in [0.25, 0.3) is 0 Å². The van der Waals surface area contributed by atoms with Gasteiger partial charge in [-0.2, -0.15) is 0 Å². The van der Waals surface area contributed by atoms with Gasteiger partial charge >= 0.3 is 64.7 Å². The van der Waals surface area contributed by atoms with Gasteiger partial charge < -0.3 is 0 Å². The molecule has 0 radical (unpaired) electrons. The summed E-state index contributed by atoms with van der Waals surface area (Å²) in [5.74, 6) is 1.15. The van der Waals surface area contributed by atoms with E-state index in [1.54, 1.807) is 0 Å². The molecule has 0 aliphatic carbocycles. The van der Waals surface area contributed by atoms with Crippen LogP contribution in [0.4, 0.5) is 0 Å². The fourth-order valence-electron chi connectivity index (χ4n) is 0.725. The average Bonchev–Trinajstić information content (AvgIpc) is 2.33. The number of benzene rings is 1. The van der Waals surface area contributed by atoms with Crippen LogP contribution in [-0.4, -0.2) is 26.6 Å². The Morgan fingerprint density at radius 1 is 1.22 bits per heavy atom. The van der Waals surface area contributed by atoms with Crippen molar-refractivity contribution in [2.45, 2.75) is 0 Å². The van der Waals surface area contributed by atoms with Gasteiger partial charge in [0.1, 0.15) is 0 Å². The maximum absolute atomic E-state index is 5.43. The second-order valence-electron chi connectivity index (χ2n) is 1.74. The molecule has 3 heteroatoms. The number of hydrogen-bond acceptors (Lipinski definition) is 1. The van der Waals surface area contributed by atoms with Crippen molar-refractivity contribution in [2.75, 3.05) is 0 Å². The topological polar surface area (TPSA) is 9.23 Å². The first-order valence-electron chi connectivity index (χ1n) is 2.64. The number of rotatable bonds is 0. The molecular weight excluding hydrogens is 238 g/mol. The zero-order chi connectivity index (χ0) is 6.10. The van der Waals surface area contributed by atoms with Crippen molar-refractivity contribution in [1.29, 1.82) is 0 Å². The number of hydrogen-bond donors (Lipinski definition) is 0. The van der Waals surface area contributed by atoms with Gasteiger partial charge in [0.05, 0.1) is 0 Å². The Bertz CT molecular complexity index is 257. The first kappa shape index (κ1) is 5.89. The Morgan fingerprint density at radius 3 is 3.00 bits per heavy atom. The van der Waals surface area contributed by atoms with Crippen molar-refractivity contribution >= 4 is 31.0 Å². The van der Waals surface area contributed by atoms with Crippen molar-refractivity contribution < 1.29 is 3.73 Å². The van der Waals surface area contributed by atoms with Gasteiger partial charge in [0.2, 0.25) is 0 Å². The minimum atomic E-state index is 0.232. The van der Waals surface area contributed by atoms with Gasteiger partial charge in [-0.05, 0) is 0 Å². The van der Waals surface area contributed by atoms with Crippen LogP contribution < -0.4 is 8.08 Å². The van der Waals surface area contributed by atoms with Crippen molar-refractivity contribution in [3.8, 4) is 5.75 Å². The van der Waals surface area contributed by atoms with Crippen LogP contribution in [0.15, 0.2) is 24.3 Å². The van der Waals surface area contributed by atoms with Crippen molar-refractivity contribution in [1.82, 2.24) is 0 Å². The molecule has 1 aliphatic rings. The van der Waals surface area contributed by atoms with Crippen LogP contribution in [0.3, 0.4) is 0 Å². The maximum atomic E-state index is 5.43. The van der Waals surface area contributed by atoms with E-state index in [1.165, 1.54) is 4.35 Å². The second-order valence-corrected chi connectivity index (χ2v) is 7.86. The first-order valence-corrected chi connectivity index (χ1v) is 9.54. The Hall–Kier alpha value is 0.137. The van der Waals surface area contributed by atoms with Crippen LogP contribution in [-0.2, 0) is 0 Å². The van der Waals surface area contributed by atoms with Crippen LogP contribution in [0.1, 0.15) is 0 Å². The molecule has 0 saturated heterocycles. The predicted molar refractivity (Wildman–Crippen MR) is 38.2 cm³/mol. The Balaban J connectivity index is 2.63. The molecule has 1 aromatic rings. The van der Waals surface area contributed by atoms with Gasteiger partial charge in [-0.15, -0.1) is 0 Å². The zero-order valence-corrected chi connectivity index (χ0v) is 8.37. The standard InChI is InChI=1S/C6H4As2O/c1-2-4-6-5(3-1)7-8-9-6/h1-4H. The third kappa shape index (κ3) is 1.04. The van der Waals surface area contributed by atoms with Crippen LogP contribution in [0.25, 0.3) is 0 Å². The summed E-state index contributed by atoms with van der Waals surface area (Å²) < 4.78 is 6.91. The molecule has 0 amide bonds. The minimum absolute atomic E-state index is 0.232. The van der Waals surface area contributed by atoms with Crippen LogP contribution >= 0.6 is 0 Å². The molecule has 0 fully saturated rings. The molecule has 1 aliphatic heterocycles. The third-order valence-electron chi connectivity index (χ3n) is 1.15. The van der Waals surface area contributed by atoms with Crippen LogP contribution in [0, 0.1) is 0 Å². The first-order chi connectivity index (χ1) is 4.47. The molecule has 1 aromatic carbocycles. The summed E-state index contributed by atoms with van der Waals surface area (Å²) in [6, 6.07) is 8.36. The number of para-hydroxylation sites is 1. The molecule has 1 heterocycles. The molecule has 0 unspecified atom stereocenters. The van der Waals surface area contributed by atoms with Gasteiger partial charge in [-0.25, -0.2) is 0 Å². The Kier molecular flexibility index (Phi) is 1.57.